The van der Waals surface area contributed by atoms with Crippen LogP contribution >= 0.6 is 0 Å². The summed E-state index contributed by atoms with van der Waals surface area (Å²) in [5.41, 5.74) is 6.29. The lowest BCUT2D eigenvalue weighted by Gasteiger charge is -2.29. The molecule has 1 fully saturated rings. The van der Waals surface area contributed by atoms with Crippen molar-refractivity contribution in [1.29, 1.82) is 0 Å². The number of benzene rings is 2. The van der Waals surface area contributed by atoms with Crippen LogP contribution in [0.1, 0.15) is 52.0 Å². The van der Waals surface area contributed by atoms with Gasteiger partial charge in [-0.3, -0.25) is 9.78 Å². The number of para-hydroxylation sites is 1. The Morgan fingerprint density at radius 3 is 2.19 bits per heavy atom. The number of nitrogens with one attached hydrogen (secondary N) is 2. The van der Waals surface area contributed by atoms with E-state index in [4.69, 9.17) is 15.2 Å². The van der Waals surface area contributed by atoms with Crippen LogP contribution in [0.4, 0.5) is 10.5 Å². The average molecular weight is 591 g/mol. The number of rotatable bonds is 9. The molecule has 0 spiro atoms. The monoisotopic (exact) mass is 590 g/mol. The van der Waals surface area contributed by atoms with Crippen molar-refractivity contribution in [3.8, 4) is 11.5 Å². The van der Waals surface area contributed by atoms with Crippen LogP contribution in [-0.2, 0) is 20.7 Å². The maximum atomic E-state index is 12.9. The highest BCUT2D eigenvalue weighted by Gasteiger charge is 2.30. The van der Waals surface area contributed by atoms with Crippen LogP contribution in [-0.4, -0.2) is 46.2 Å². The number of carboxylic acids is 1. The number of pyridine rings is 1. The third-order valence-corrected chi connectivity index (χ3v) is 6.79. The number of hydrogen-bond donors (Lipinski definition) is 4. The quantitative estimate of drug-likeness (QED) is 0.252. The molecule has 10 nitrogen and oxygen atoms in total. The third kappa shape index (κ3) is 12.4. The zero-order chi connectivity index (χ0) is 31.2. The summed E-state index contributed by atoms with van der Waals surface area (Å²) in [7, 11) is 0. The molecule has 1 saturated carbocycles. The highest BCUT2D eigenvalue weighted by atomic mass is 16.6. The number of anilines is 1. The molecule has 2 aromatic carbocycles. The number of carbonyl (C=O) groups excluding carboxylic acids is 2. The zero-order valence-corrected chi connectivity index (χ0v) is 25.0. The van der Waals surface area contributed by atoms with Crippen molar-refractivity contribution in [2.75, 3.05) is 12.3 Å². The van der Waals surface area contributed by atoms with Gasteiger partial charge in [0.05, 0.1) is 0 Å². The van der Waals surface area contributed by atoms with Crippen LogP contribution in [0.25, 0.3) is 0 Å². The van der Waals surface area contributed by atoms with Gasteiger partial charge in [0.2, 0.25) is 5.91 Å². The summed E-state index contributed by atoms with van der Waals surface area (Å²) in [6.45, 7) is 5.95. The number of aliphatic carboxylic acids is 1. The molecule has 230 valence electrons. The first-order valence-electron chi connectivity index (χ1n) is 14.5. The first-order valence-corrected chi connectivity index (χ1v) is 14.5. The first-order chi connectivity index (χ1) is 20.5. The fourth-order valence-corrected chi connectivity index (χ4v) is 4.62. The molecule has 0 bridgehead atoms. The largest absolute Gasteiger partial charge is 0.480 e. The lowest BCUT2D eigenvalue weighted by atomic mass is 9.81. The standard InChI is InChI=1S/C28H36N2O6.C5H6N2/c1-28(2,3)36-27(34)29-18-19-12-14-21(15-13-19)25(31)30-24(26(32)33)17-20-8-7-11-23(16-20)35-22-9-5-4-6-10-22;6-5-1-3-7-4-2-5/h4-11,16,19,21,24H,12-15,17-18H2,1-3H3,(H,29,34)(H,30,31)(H,32,33);1-4H,(H2,6,7)/t19-,21-,24?;. The molecule has 1 unspecified atom stereocenters. The molecule has 10 heteroatoms. The Morgan fingerprint density at radius 2 is 1.60 bits per heavy atom. The van der Waals surface area contributed by atoms with Crippen molar-refractivity contribution in [3.63, 3.8) is 0 Å². The molecule has 1 heterocycles. The maximum Gasteiger partial charge on any atom is 0.407 e. The minimum Gasteiger partial charge on any atom is -0.480 e. The van der Waals surface area contributed by atoms with Crippen molar-refractivity contribution in [2.24, 2.45) is 11.8 Å². The van der Waals surface area contributed by atoms with E-state index in [1.807, 2.05) is 57.2 Å². The van der Waals surface area contributed by atoms with Crippen LogP contribution in [0, 0.1) is 11.8 Å². The van der Waals surface area contributed by atoms with Gasteiger partial charge in [-0.15, -0.1) is 0 Å². The lowest BCUT2D eigenvalue weighted by Crippen LogP contribution is -2.46. The summed E-state index contributed by atoms with van der Waals surface area (Å²) in [5, 5.41) is 15.3. The van der Waals surface area contributed by atoms with E-state index in [1.165, 1.54) is 0 Å². The fourth-order valence-electron chi connectivity index (χ4n) is 4.62. The van der Waals surface area contributed by atoms with E-state index in [-0.39, 0.29) is 24.2 Å². The van der Waals surface area contributed by atoms with Gasteiger partial charge >= 0.3 is 12.1 Å². The van der Waals surface area contributed by atoms with Gasteiger partial charge in [0.25, 0.3) is 0 Å². The number of nitrogens with zero attached hydrogens (tertiary/aromatic N) is 1. The van der Waals surface area contributed by atoms with E-state index in [0.717, 1.165) is 24.1 Å². The number of carbonyl (C=O) groups is 3. The summed E-state index contributed by atoms with van der Waals surface area (Å²) >= 11 is 0. The Balaban J connectivity index is 0.000000633. The van der Waals surface area contributed by atoms with Gasteiger partial charge in [-0.05, 0) is 94.3 Å². The molecule has 0 aliphatic heterocycles. The van der Waals surface area contributed by atoms with Crippen LogP contribution in [0.3, 0.4) is 0 Å². The summed E-state index contributed by atoms with van der Waals surface area (Å²) in [5.74, 6) is 0.00861. The predicted octanol–water partition coefficient (Wildman–Crippen LogP) is 5.59. The van der Waals surface area contributed by atoms with Gasteiger partial charge in [-0.1, -0.05) is 30.3 Å². The normalized spacial score (nSPS) is 16.9. The SMILES string of the molecule is CC(C)(C)OC(=O)NC[C@H]1CC[C@H](C(=O)NC(Cc2cccc(Oc3ccccc3)c2)C(=O)O)CC1.Nc1ccncc1. The number of ether oxygens (including phenoxy) is 2. The molecule has 5 N–H and O–H groups in total. The summed E-state index contributed by atoms with van der Waals surface area (Å²) in [6, 6.07) is 19.0. The van der Waals surface area contributed by atoms with E-state index in [9.17, 15) is 19.5 Å². The first kappa shape index (κ1) is 32.9. The van der Waals surface area contributed by atoms with Gasteiger partial charge in [-0.25, -0.2) is 9.59 Å². The number of nitrogen functional groups attached to an aromatic ring is 1. The number of carboxylic acid groups (broad SMARTS) is 1. The third-order valence-electron chi connectivity index (χ3n) is 6.79. The smallest absolute Gasteiger partial charge is 0.407 e. The Labute approximate surface area is 253 Å². The van der Waals surface area contributed by atoms with E-state index in [1.54, 1.807) is 42.7 Å². The zero-order valence-electron chi connectivity index (χ0n) is 25.0. The second-order valence-electron chi connectivity index (χ2n) is 11.5. The van der Waals surface area contributed by atoms with Crippen molar-refractivity contribution in [3.05, 3.63) is 84.7 Å². The molecule has 2 amide bonds. The number of aromatic nitrogens is 1. The molecule has 4 rings (SSSR count). The van der Waals surface area contributed by atoms with Gasteiger partial charge in [0.15, 0.2) is 0 Å². The number of hydrogen-bond acceptors (Lipinski definition) is 7. The van der Waals surface area contributed by atoms with Gasteiger partial charge in [0, 0.05) is 37.0 Å². The number of alkyl carbamates (subject to hydrolysis) is 1. The minimum atomic E-state index is -1.08. The van der Waals surface area contributed by atoms with Crippen LogP contribution in [0.15, 0.2) is 79.1 Å². The van der Waals surface area contributed by atoms with Crippen molar-refractivity contribution in [1.82, 2.24) is 15.6 Å². The summed E-state index contributed by atoms with van der Waals surface area (Å²) in [6.07, 6.45) is 5.91. The molecule has 1 aliphatic rings. The van der Waals surface area contributed by atoms with Gasteiger partial charge in [-0.2, -0.15) is 0 Å². The Kier molecular flexibility index (Phi) is 12.4. The second kappa shape index (κ2) is 16.1. The van der Waals surface area contributed by atoms with Gasteiger partial charge < -0.3 is 30.9 Å². The molecular weight excluding hydrogens is 548 g/mol. The van der Waals surface area contributed by atoms with E-state index in [0.29, 0.717) is 30.9 Å². The molecular formula is C33H42N4O6. The molecule has 1 atom stereocenters. The van der Waals surface area contributed by atoms with E-state index in [2.05, 4.69) is 15.6 Å². The van der Waals surface area contributed by atoms with Crippen molar-refractivity contribution >= 4 is 23.7 Å². The van der Waals surface area contributed by atoms with E-state index >= 15 is 0 Å². The Hall–Kier alpha value is -4.60. The minimum absolute atomic E-state index is 0.155. The van der Waals surface area contributed by atoms with Crippen molar-refractivity contribution in [2.45, 2.75) is 64.5 Å². The molecule has 0 saturated heterocycles. The summed E-state index contributed by atoms with van der Waals surface area (Å²) < 4.78 is 11.1. The predicted molar refractivity (Wildman–Crippen MR) is 165 cm³/mol. The molecule has 0 radical (unpaired) electrons. The summed E-state index contributed by atoms with van der Waals surface area (Å²) in [4.78, 5) is 40.4. The second-order valence-corrected chi connectivity index (χ2v) is 11.5. The van der Waals surface area contributed by atoms with Crippen LogP contribution < -0.4 is 21.1 Å². The Bertz CT molecular complexity index is 1310. The van der Waals surface area contributed by atoms with Gasteiger partial charge in [0.1, 0.15) is 23.1 Å². The van der Waals surface area contributed by atoms with E-state index < -0.39 is 23.7 Å². The Morgan fingerprint density at radius 1 is 0.953 bits per heavy atom. The average Bonchev–Trinajstić information content (AvgIpc) is 2.96. The van der Waals surface area contributed by atoms with Crippen LogP contribution in [0.5, 0.6) is 11.5 Å². The highest BCUT2D eigenvalue weighted by Crippen LogP contribution is 2.29. The van der Waals surface area contributed by atoms with Crippen LogP contribution in [0.2, 0.25) is 0 Å². The molecule has 43 heavy (non-hydrogen) atoms. The fraction of sp³-hybridized carbons (Fsp3) is 0.394. The maximum absolute atomic E-state index is 12.9. The highest BCUT2D eigenvalue weighted by molar-refractivity contribution is 5.85. The molecule has 1 aliphatic carbocycles. The molecule has 3 aromatic rings. The number of nitrogens with two attached hydrogens (primary N) is 1. The number of amides is 2. The lowest BCUT2D eigenvalue weighted by molar-refractivity contribution is -0.142. The van der Waals surface area contributed by atoms with Crippen molar-refractivity contribution < 1.29 is 29.0 Å². The molecule has 1 aromatic heterocycles. The topological polar surface area (TPSA) is 153 Å².